The third kappa shape index (κ3) is 6.84. The van der Waals surface area contributed by atoms with Crippen molar-refractivity contribution in [3.63, 3.8) is 0 Å². The number of amides is 2. The number of aromatic nitrogens is 5. The number of hydrogen-bond acceptors (Lipinski definition) is 8. The van der Waals surface area contributed by atoms with Gasteiger partial charge in [0.1, 0.15) is 0 Å². The van der Waals surface area contributed by atoms with Gasteiger partial charge in [0.05, 0.1) is 11.7 Å². The molecule has 1 aliphatic carbocycles. The lowest BCUT2D eigenvalue weighted by atomic mass is 9.81. The van der Waals surface area contributed by atoms with E-state index in [-0.39, 0.29) is 24.2 Å². The van der Waals surface area contributed by atoms with Gasteiger partial charge in [-0.05, 0) is 98.2 Å². The smallest absolute Gasteiger partial charge is 0.251 e. The van der Waals surface area contributed by atoms with E-state index in [2.05, 4.69) is 25.6 Å². The van der Waals surface area contributed by atoms with Crippen LogP contribution in [0, 0.1) is 18.8 Å². The fourth-order valence-corrected chi connectivity index (χ4v) is 5.35. The Balaban J connectivity index is 0.00000387. The number of halogens is 1. The van der Waals surface area contributed by atoms with Crippen LogP contribution in [0.5, 0.6) is 0 Å². The molecule has 2 heterocycles. The molecule has 2 amide bonds. The molecule has 11 heteroatoms. The number of aromatic amines is 1. The molecule has 0 saturated heterocycles. The van der Waals surface area contributed by atoms with Crippen molar-refractivity contribution in [1.29, 1.82) is 0 Å². The van der Waals surface area contributed by atoms with Crippen molar-refractivity contribution in [3.8, 4) is 22.5 Å². The van der Waals surface area contributed by atoms with Gasteiger partial charge >= 0.3 is 0 Å². The lowest BCUT2D eigenvalue weighted by molar-refractivity contribution is -0.130. The standard InChI is InChI=1S/C30H34N8O2.ClH/c1-19-26(3-2-16-33-19)22-8-4-20(5-9-22)17-27(32)30(40)38(29(39)24-10-6-21(18-31)7-11-24)25-14-12-23(13-15-25)28-34-36-37-35-28;/h2-5,8-9,12-16,21,24,27H,6-7,10-11,17-18,31-32H2,1H3,(H,34,35,36,37);1H/t21?,24?,27-;/m0./s1. The minimum Gasteiger partial charge on any atom is -0.330 e. The van der Waals surface area contributed by atoms with Crippen molar-refractivity contribution < 1.29 is 9.59 Å². The molecule has 0 spiro atoms. The molecule has 2 aromatic heterocycles. The molecule has 1 fully saturated rings. The fraction of sp³-hybridized carbons (Fsp3) is 0.333. The second-order valence-corrected chi connectivity index (χ2v) is 10.4. The Morgan fingerprint density at radius 2 is 1.68 bits per heavy atom. The Kier molecular flexibility index (Phi) is 9.93. The molecule has 1 saturated carbocycles. The number of carbonyl (C=O) groups is 2. The van der Waals surface area contributed by atoms with Gasteiger partial charge in [0.25, 0.3) is 5.91 Å². The average Bonchev–Trinajstić information content (AvgIpc) is 3.53. The summed E-state index contributed by atoms with van der Waals surface area (Å²) in [5.41, 5.74) is 17.5. The number of H-pyrrole nitrogens is 1. The van der Waals surface area contributed by atoms with Gasteiger partial charge < -0.3 is 11.5 Å². The van der Waals surface area contributed by atoms with E-state index >= 15 is 0 Å². The first kappa shape index (κ1) is 30.0. The SMILES string of the molecule is Cc1ncccc1-c1ccc(C[C@H](N)C(=O)N(C(=O)C2CCC(CN)CC2)c2ccc(-c3nn[nH]n3)cc2)cc1.Cl. The van der Waals surface area contributed by atoms with Crippen LogP contribution >= 0.6 is 12.4 Å². The van der Waals surface area contributed by atoms with Gasteiger partial charge in [-0.15, -0.1) is 22.6 Å². The van der Waals surface area contributed by atoms with Gasteiger partial charge in [-0.1, -0.05) is 30.3 Å². The lowest BCUT2D eigenvalue weighted by Crippen LogP contribution is -2.50. The molecule has 4 aromatic rings. The predicted molar refractivity (Wildman–Crippen MR) is 160 cm³/mol. The zero-order valence-electron chi connectivity index (χ0n) is 22.9. The molecule has 5 N–H and O–H groups in total. The molecule has 1 atom stereocenters. The molecule has 41 heavy (non-hydrogen) atoms. The molecule has 5 rings (SSSR count). The number of nitrogens with two attached hydrogens (primary N) is 2. The van der Waals surface area contributed by atoms with Crippen LogP contribution in [-0.4, -0.2) is 50.0 Å². The topological polar surface area (TPSA) is 157 Å². The summed E-state index contributed by atoms with van der Waals surface area (Å²) in [5.74, 6) is -0.0467. The summed E-state index contributed by atoms with van der Waals surface area (Å²) in [5, 5.41) is 14.0. The highest BCUT2D eigenvalue weighted by Crippen LogP contribution is 2.32. The van der Waals surface area contributed by atoms with Gasteiger partial charge in [-0.2, -0.15) is 5.21 Å². The summed E-state index contributed by atoms with van der Waals surface area (Å²) in [6.45, 7) is 2.59. The van der Waals surface area contributed by atoms with E-state index in [1.807, 2.05) is 43.3 Å². The third-order valence-corrected chi connectivity index (χ3v) is 7.74. The van der Waals surface area contributed by atoms with Crippen LogP contribution in [0.1, 0.15) is 36.9 Å². The molecule has 0 radical (unpaired) electrons. The Morgan fingerprint density at radius 3 is 2.29 bits per heavy atom. The van der Waals surface area contributed by atoms with Crippen LogP contribution < -0.4 is 16.4 Å². The Morgan fingerprint density at radius 1 is 1.00 bits per heavy atom. The Bertz CT molecular complexity index is 1440. The maximum absolute atomic E-state index is 13.8. The van der Waals surface area contributed by atoms with Crippen LogP contribution in [0.2, 0.25) is 0 Å². The first-order chi connectivity index (χ1) is 19.4. The molecule has 2 aromatic carbocycles. The van der Waals surface area contributed by atoms with Crippen LogP contribution in [-0.2, 0) is 16.0 Å². The predicted octanol–water partition coefficient (Wildman–Crippen LogP) is 3.85. The van der Waals surface area contributed by atoms with Crippen LogP contribution in [0.25, 0.3) is 22.5 Å². The van der Waals surface area contributed by atoms with E-state index < -0.39 is 11.9 Å². The minimum absolute atomic E-state index is 0. The first-order valence-corrected chi connectivity index (χ1v) is 13.6. The number of nitrogens with one attached hydrogen (secondary N) is 1. The largest absolute Gasteiger partial charge is 0.330 e. The highest BCUT2D eigenvalue weighted by Gasteiger charge is 2.35. The van der Waals surface area contributed by atoms with E-state index in [0.29, 0.717) is 48.8 Å². The number of nitrogens with zero attached hydrogens (tertiary/aromatic N) is 5. The van der Waals surface area contributed by atoms with Crippen LogP contribution in [0.15, 0.2) is 66.9 Å². The van der Waals surface area contributed by atoms with Gasteiger partial charge in [0.2, 0.25) is 11.7 Å². The molecule has 10 nitrogen and oxygen atoms in total. The van der Waals surface area contributed by atoms with Crippen molar-refractivity contribution in [3.05, 3.63) is 78.1 Å². The van der Waals surface area contributed by atoms with Crippen molar-refractivity contribution in [2.75, 3.05) is 11.4 Å². The quantitative estimate of drug-likeness (QED) is 0.286. The summed E-state index contributed by atoms with van der Waals surface area (Å²) in [6, 6.07) is 18.0. The first-order valence-electron chi connectivity index (χ1n) is 13.6. The summed E-state index contributed by atoms with van der Waals surface area (Å²) < 4.78 is 0. The van der Waals surface area contributed by atoms with E-state index in [1.165, 1.54) is 4.90 Å². The lowest BCUT2D eigenvalue weighted by Gasteiger charge is -2.32. The van der Waals surface area contributed by atoms with E-state index in [1.54, 1.807) is 30.5 Å². The number of benzene rings is 2. The fourth-order valence-electron chi connectivity index (χ4n) is 5.35. The van der Waals surface area contributed by atoms with Crippen molar-refractivity contribution in [1.82, 2.24) is 25.6 Å². The monoisotopic (exact) mass is 574 g/mol. The Labute approximate surface area is 245 Å². The number of carbonyl (C=O) groups excluding carboxylic acids is 2. The number of hydrogen-bond donors (Lipinski definition) is 3. The molecule has 0 bridgehead atoms. The van der Waals surface area contributed by atoms with Crippen molar-refractivity contribution >= 4 is 29.9 Å². The zero-order valence-corrected chi connectivity index (χ0v) is 23.8. The number of anilines is 1. The molecule has 0 unspecified atom stereocenters. The molecular formula is C30H35ClN8O2. The molecule has 0 aliphatic heterocycles. The van der Waals surface area contributed by atoms with E-state index in [0.717, 1.165) is 35.2 Å². The van der Waals surface area contributed by atoms with Gasteiger partial charge in [0.15, 0.2) is 0 Å². The van der Waals surface area contributed by atoms with E-state index in [9.17, 15) is 9.59 Å². The molecule has 214 valence electrons. The highest BCUT2D eigenvalue weighted by atomic mass is 35.5. The summed E-state index contributed by atoms with van der Waals surface area (Å²) >= 11 is 0. The van der Waals surface area contributed by atoms with Crippen LogP contribution in [0.3, 0.4) is 0 Å². The number of tetrazole rings is 1. The van der Waals surface area contributed by atoms with Crippen molar-refractivity contribution in [2.24, 2.45) is 23.3 Å². The number of rotatable bonds is 8. The molecule has 1 aliphatic rings. The second-order valence-electron chi connectivity index (χ2n) is 10.4. The van der Waals surface area contributed by atoms with Crippen LogP contribution in [0.4, 0.5) is 5.69 Å². The zero-order chi connectivity index (χ0) is 28.1. The van der Waals surface area contributed by atoms with Gasteiger partial charge in [-0.25, -0.2) is 4.90 Å². The summed E-state index contributed by atoms with van der Waals surface area (Å²) in [4.78, 5) is 33.3. The normalized spacial score (nSPS) is 17.3. The number of aryl methyl sites for hydroxylation is 1. The second kappa shape index (κ2) is 13.6. The molecular weight excluding hydrogens is 540 g/mol. The number of pyridine rings is 1. The summed E-state index contributed by atoms with van der Waals surface area (Å²) in [7, 11) is 0. The van der Waals surface area contributed by atoms with Gasteiger partial charge in [0, 0.05) is 28.9 Å². The van der Waals surface area contributed by atoms with Crippen molar-refractivity contribution in [2.45, 2.75) is 45.1 Å². The number of imide groups is 1. The maximum Gasteiger partial charge on any atom is 0.251 e. The minimum atomic E-state index is -0.896. The summed E-state index contributed by atoms with van der Waals surface area (Å²) in [6.07, 6.45) is 5.23. The average molecular weight is 575 g/mol. The highest BCUT2D eigenvalue weighted by molar-refractivity contribution is 6.17. The van der Waals surface area contributed by atoms with Gasteiger partial charge in [-0.3, -0.25) is 14.6 Å². The Hall–Kier alpha value is -3.99. The van der Waals surface area contributed by atoms with E-state index in [4.69, 9.17) is 11.5 Å². The third-order valence-electron chi connectivity index (χ3n) is 7.74. The maximum atomic E-state index is 13.8.